The third-order valence-corrected chi connectivity index (χ3v) is 7.63. The maximum absolute atomic E-state index is 14.2. The summed E-state index contributed by atoms with van der Waals surface area (Å²) in [6.07, 6.45) is 3.72. The van der Waals surface area contributed by atoms with Crippen LogP contribution in [0.4, 0.5) is 8.78 Å². The molecule has 2 bridgehead atoms. The molecule has 0 radical (unpaired) electrons. The number of carbonyl (C=O) groups excluding carboxylic acids is 3. The Morgan fingerprint density at radius 1 is 0.951 bits per heavy atom. The van der Waals surface area contributed by atoms with Crippen molar-refractivity contribution < 1.29 is 27.9 Å². The van der Waals surface area contributed by atoms with E-state index < -0.39 is 17.6 Å². The molecule has 0 saturated carbocycles. The summed E-state index contributed by atoms with van der Waals surface area (Å²) >= 11 is 0. The van der Waals surface area contributed by atoms with Crippen molar-refractivity contribution in [1.29, 1.82) is 0 Å². The van der Waals surface area contributed by atoms with E-state index in [1.807, 2.05) is 24.3 Å². The van der Waals surface area contributed by atoms with Gasteiger partial charge in [-0.3, -0.25) is 19.4 Å². The topological polar surface area (TPSA) is 91.8 Å². The first-order valence-electron chi connectivity index (χ1n) is 13.8. The normalized spacial score (nSPS) is 19.5. The van der Waals surface area contributed by atoms with E-state index >= 15 is 0 Å². The minimum absolute atomic E-state index is 0.00812. The summed E-state index contributed by atoms with van der Waals surface area (Å²) in [5.41, 5.74) is 1.70. The first-order valence-corrected chi connectivity index (χ1v) is 13.8. The highest BCUT2D eigenvalue weighted by Crippen LogP contribution is 2.35. The minimum atomic E-state index is -1.03. The number of hydrogen-bond acceptors (Lipinski definition) is 5. The van der Waals surface area contributed by atoms with Crippen LogP contribution in [0.1, 0.15) is 29.0 Å². The van der Waals surface area contributed by atoms with Gasteiger partial charge in [0.05, 0.1) is 25.3 Å². The fourth-order valence-corrected chi connectivity index (χ4v) is 5.44. The summed E-state index contributed by atoms with van der Waals surface area (Å²) in [4.78, 5) is 46.9. The number of hydrogen-bond donors (Lipinski definition) is 1. The largest absolute Gasteiger partial charge is 0.492 e. The number of ether oxygens (including phenoxy) is 1. The van der Waals surface area contributed by atoms with Crippen LogP contribution >= 0.6 is 0 Å². The average molecular weight is 563 g/mol. The van der Waals surface area contributed by atoms with Crippen molar-refractivity contribution in [3.05, 3.63) is 95.3 Å². The summed E-state index contributed by atoms with van der Waals surface area (Å²) in [5.74, 6) is -2.65. The lowest BCUT2D eigenvalue weighted by atomic mass is 9.88. The third kappa shape index (κ3) is 6.87. The van der Waals surface area contributed by atoms with Crippen molar-refractivity contribution in [3.63, 3.8) is 0 Å². The van der Waals surface area contributed by atoms with Gasteiger partial charge in [-0.25, -0.2) is 8.78 Å². The van der Waals surface area contributed by atoms with Gasteiger partial charge in [0.15, 0.2) is 11.6 Å². The zero-order valence-electron chi connectivity index (χ0n) is 22.6. The lowest BCUT2D eigenvalue weighted by molar-refractivity contribution is -0.131. The number of nitrogens with zero attached hydrogens (tertiary/aromatic N) is 3. The van der Waals surface area contributed by atoms with E-state index in [0.29, 0.717) is 38.3 Å². The van der Waals surface area contributed by atoms with E-state index in [1.165, 1.54) is 12.1 Å². The Morgan fingerprint density at radius 3 is 2.59 bits per heavy atom. The molecular formula is C31H32F2N4O4. The van der Waals surface area contributed by atoms with E-state index in [0.717, 1.165) is 17.2 Å². The second kappa shape index (κ2) is 12.9. The van der Waals surface area contributed by atoms with Crippen LogP contribution in [0.25, 0.3) is 0 Å². The number of aromatic nitrogens is 1. The number of pyridine rings is 1. The molecule has 2 aliphatic heterocycles. The highest BCUT2D eigenvalue weighted by molar-refractivity contribution is 5.84. The van der Waals surface area contributed by atoms with E-state index in [9.17, 15) is 23.2 Å². The molecule has 1 N–H and O–H groups in total. The van der Waals surface area contributed by atoms with E-state index in [-0.39, 0.29) is 55.2 Å². The molecule has 2 aliphatic rings. The molecule has 1 saturated heterocycles. The number of nitrogens with one attached hydrogen (secondary N) is 1. The van der Waals surface area contributed by atoms with Crippen LogP contribution in [0.15, 0.2) is 67.0 Å². The summed E-state index contributed by atoms with van der Waals surface area (Å²) in [7, 11) is 0. The van der Waals surface area contributed by atoms with Gasteiger partial charge in [-0.2, -0.15) is 0 Å². The van der Waals surface area contributed by atoms with Crippen molar-refractivity contribution in [2.24, 2.45) is 5.92 Å². The van der Waals surface area contributed by atoms with Crippen LogP contribution in [-0.2, 0) is 27.2 Å². The maximum Gasteiger partial charge on any atom is 0.227 e. The predicted octanol–water partition coefficient (Wildman–Crippen LogP) is 3.11. The summed E-state index contributed by atoms with van der Waals surface area (Å²) in [6, 6.07) is 14.9. The molecule has 41 heavy (non-hydrogen) atoms. The average Bonchev–Trinajstić information content (AvgIpc) is 3.43. The highest BCUT2D eigenvalue weighted by atomic mass is 19.2. The van der Waals surface area contributed by atoms with Crippen molar-refractivity contribution in [2.75, 3.05) is 39.3 Å². The zero-order chi connectivity index (χ0) is 28.8. The first-order chi connectivity index (χ1) is 19.9. The van der Waals surface area contributed by atoms with Crippen molar-refractivity contribution in [3.8, 4) is 5.75 Å². The number of halogens is 2. The van der Waals surface area contributed by atoms with Crippen LogP contribution in [0.3, 0.4) is 0 Å². The molecule has 10 heteroatoms. The Morgan fingerprint density at radius 2 is 1.76 bits per heavy atom. The molecule has 214 valence electrons. The summed E-state index contributed by atoms with van der Waals surface area (Å²) < 4.78 is 33.8. The monoisotopic (exact) mass is 562 g/mol. The van der Waals surface area contributed by atoms with Gasteiger partial charge in [0.1, 0.15) is 12.4 Å². The number of benzene rings is 2. The van der Waals surface area contributed by atoms with Gasteiger partial charge in [0, 0.05) is 50.1 Å². The Bertz CT molecular complexity index is 1400. The quantitative estimate of drug-likeness (QED) is 0.528. The first kappa shape index (κ1) is 28.2. The molecule has 0 unspecified atom stereocenters. The molecule has 5 rings (SSSR count). The predicted molar refractivity (Wildman–Crippen MR) is 147 cm³/mol. The second-order valence-electron chi connectivity index (χ2n) is 10.4. The lowest BCUT2D eigenvalue weighted by Crippen LogP contribution is -2.40. The number of fused-ring (bicyclic) bond motifs is 4. The number of carbonyl (C=O) groups is 3. The molecule has 1 aromatic heterocycles. The van der Waals surface area contributed by atoms with Crippen LogP contribution in [0, 0.1) is 17.6 Å². The summed E-state index contributed by atoms with van der Waals surface area (Å²) in [5, 5.41) is 2.99. The molecule has 0 aliphatic carbocycles. The highest BCUT2D eigenvalue weighted by Gasteiger charge is 2.40. The zero-order valence-corrected chi connectivity index (χ0v) is 22.6. The Balaban J connectivity index is 1.30. The molecule has 0 spiro atoms. The van der Waals surface area contributed by atoms with E-state index in [2.05, 4.69) is 10.3 Å². The SMILES string of the molecule is O=C1NCCCN(C(=O)Cc2cccc(F)c2F)CCOc2cccc(c2)[C@H]2CN(C(=O)Cc3cccnc3)C[C@H]12. The minimum Gasteiger partial charge on any atom is -0.492 e. The van der Waals surface area contributed by atoms with Gasteiger partial charge >= 0.3 is 0 Å². The standard InChI is InChI=1S/C31H32F2N4O4/c32-27-9-2-7-23(30(27)33)17-29(39)36-12-4-11-35-31(40)26-20-37(28(38)15-21-5-3-10-34-18-21)19-25(26)22-6-1-8-24(16-22)41-14-13-36/h1-3,5-10,16,18,25-26H,4,11-15,17,19-20H2,(H,35,40)/t25-,26+/m1/s1. The lowest BCUT2D eigenvalue weighted by Gasteiger charge is -2.25. The molecule has 2 atom stereocenters. The van der Waals surface area contributed by atoms with Gasteiger partial charge in [-0.15, -0.1) is 0 Å². The van der Waals surface area contributed by atoms with Gasteiger partial charge < -0.3 is 19.9 Å². The van der Waals surface area contributed by atoms with Crippen molar-refractivity contribution in [2.45, 2.75) is 25.2 Å². The third-order valence-electron chi connectivity index (χ3n) is 7.63. The fourth-order valence-electron chi connectivity index (χ4n) is 5.44. The molecule has 8 nitrogen and oxygen atoms in total. The van der Waals surface area contributed by atoms with E-state index in [4.69, 9.17) is 4.74 Å². The molecule has 1 fully saturated rings. The molecule has 2 aromatic carbocycles. The number of likely N-dealkylation sites (tertiary alicyclic amines) is 1. The van der Waals surface area contributed by atoms with Crippen LogP contribution in [0.5, 0.6) is 5.75 Å². The number of rotatable bonds is 4. The van der Waals surface area contributed by atoms with Crippen LogP contribution in [-0.4, -0.2) is 71.8 Å². The Kier molecular flexibility index (Phi) is 8.86. The Labute approximate surface area is 237 Å². The molecular weight excluding hydrogens is 530 g/mol. The molecule has 3 heterocycles. The number of amides is 3. The Hall–Kier alpha value is -4.34. The van der Waals surface area contributed by atoms with Crippen LogP contribution < -0.4 is 10.1 Å². The van der Waals surface area contributed by atoms with E-state index in [1.54, 1.807) is 34.3 Å². The van der Waals surface area contributed by atoms with Gasteiger partial charge in [-0.05, 0) is 41.8 Å². The smallest absolute Gasteiger partial charge is 0.227 e. The van der Waals surface area contributed by atoms with Crippen molar-refractivity contribution >= 4 is 17.7 Å². The summed E-state index contributed by atoms with van der Waals surface area (Å²) in [6.45, 7) is 1.80. The molecule has 3 amide bonds. The fraction of sp³-hybridized carbons (Fsp3) is 0.355. The van der Waals surface area contributed by atoms with Crippen LogP contribution in [0.2, 0.25) is 0 Å². The molecule has 3 aromatic rings. The van der Waals surface area contributed by atoms with Gasteiger partial charge in [0.25, 0.3) is 0 Å². The van der Waals surface area contributed by atoms with Gasteiger partial charge in [-0.1, -0.05) is 30.3 Å². The second-order valence-corrected chi connectivity index (χ2v) is 10.4. The van der Waals surface area contributed by atoms with Gasteiger partial charge in [0.2, 0.25) is 17.7 Å². The maximum atomic E-state index is 14.2. The van der Waals surface area contributed by atoms with Crippen molar-refractivity contribution in [1.82, 2.24) is 20.1 Å².